The van der Waals surface area contributed by atoms with Gasteiger partial charge in [0, 0.05) is 11.0 Å². The van der Waals surface area contributed by atoms with Crippen LogP contribution in [-0.4, -0.2) is 29.3 Å². The fourth-order valence-corrected chi connectivity index (χ4v) is 3.96. The van der Waals surface area contributed by atoms with Crippen LogP contribution in [-0.2, 0) is 0 Å². The van der Waals surface area contributed by atoms with Crippen LogP contribution in [0, 0.1) is 0 Å². The predicted molar refractivity (Wildman–Crippen MR) is 77.1 cm³/mol. The number of fused-ring (bicyclic) bond motifs is 1. The van der Waals surface area contributed by atoms with Crippen LogP contribution in [0.2, 0.25) is 0 Å². The van der Waals surface area contributed by atoms with Crippen molar-refractivity contribution in [2.45, 2.75) is 37.0 Å². The molecular weight excluding hydrogens is 260 g/mol. The summed E-state index contributed by atoms with van der Waals surface area (Å²) in [5, 5.41) is 11.0. The van der Waals surface area contributed by atoms with Crippen LogP contribution in [0.15, 0.2) is 18.2 Å². The molecule has 0 aromatic heterocycles. The summed E-state index contributed by atoms with van der Waals surface area (Å²) in [5.41, 5.74) is 0.926. The molecule has 2 aliphatic rings. The van der Waals surface area contributed by atoms with Crippen molar-refractivity contribution in [3.05, 3.63) is 23.8 Å². The molecule has 3 rings (SSSR count). The first kappa shape index (κ1) is 13.1. The zero-order valence-electron chi connectivity index (χ0n) is 11.0. The number of aliphatic hydroxyl groups is 1. The van der Waals surface area contributed by atoms with Crippen LogP contribution in [0.5, 0.6) is 11.5 Å². The van der Waals surface area contributed by atoms with Crippen molar-refractivity contribution < 1.29 is 14.6 Å². The maximum atomic E-state index is 10.3. The van der Waals surface area contributed by atoms with E-state index in [0.717, 1.165) is 28.1 Å². The van der Waals surface area contributed by atoms with E-state index in [0.29, 0.717) is 13.2 Å². The minimum Gasteiger partial charge on any atom is -0.486 e. The molecule has 19 heavy (non-hydrogen) atoms. The second kappa shape index (κ2) is 6.06. The summed E-state index contributed by atoms with van der Waals surface area (Å²) in [5.74, 6) is 2.31. The Hall–Kier alpha value is -0.870. The summed E-state index contributed by atoms with van der Waals surface area (Å²) in [7, 11) is 0. The summed E-state index contributed by atoms with van der Waals surface area (Å²) >= 11 is 1.90. The molecule has 1 aromatic rings. The third kappa shape index (κ3) is 3.18. The van der Waals surface area contributed by atoms with E-state index < -0.39 is 6.10 Å². The topological polar surface area (TPSA) is 38.7 Å². The van der Waals surface area contributed by atoms with Crippen LogP contribution in [0.25, 0.3) is 0 Å². The zero-order chi connectivity index (χ0) is 13.1. The minimum absolute atomic E-state index is 0.415. The van der Waals surface area contributed by atoms with Crippen molar-refractivity contribution in [2.24, 2.45) is 0 Å². The second-order valence-corrected chi connectivity index (χ2v) is 6.49. The monoisotopic (exact) mass is 280 g/mol. The Labute approximate surface area is 118 Å². The number of ether oxygens (including phenoxy) is 2. The predicted octanol–water partition coefficient (Wildman–Crippen LogP) is 3.17. The molecule has 4 heteroatoms. The van der Waals surface area contributed by atoms with E-state index in [1.54, 1.807) is 0 Å². The van der Waals surface area contributed by atoms with Gasteiger partial charge in [0.15, 0.2) is 11.5 Å². The van der Waals surface area contributed by atoms with E-state index in [9.17, 15) is 5.11 Å². The van der Waals surface area contributed by atoms with Gasteiger partial charge in [-0.2, -0.15) is 11.8 Å². The van der Waals surface area contributed by atoms with Crippen molar-refractivity contribution in [3.8, 4) is 11.5 Å². The number of hydrogen-bond acceptors (Lipinski definition) is 4. The Kier molecular flexibility index (Phi) is 4.18. The van der Waals surface area contributed by atoms with E-state index >= 15 is 0 Å². The lowest BCUT2D eigenvalue weighted by Crippen LogP contribution is -2.15. The third-order valence-corrected chi connectivity index (χ3v) is 5.19. The lowest BCUT2D eigenvalue weighted by atomic mass is 10.1. The summed E-state index contributed by atoms with van der Waals surface area (Å²) < 4.78 is 11.0. The molecular formula is C15H20O3S. The SMILES string of the molecule is OC(CSC1CCCC1)c1ccc2c(c1)OCCO2. The molecule has 0 amide bonds. The van der Waals surface area contributed by atoms with Crippen LogP contribution < -0.4 is 9.47 Å². The Morgan fingerprint density at radius 3 is 2.68 bits per heavy atom. The number of aliphatic hydroxyl groups excluding tert-OH is 1. The van der Waals surface area contributed by atoms with E-state index in [-0.39, 0.29) is 0 Å². The maximum Gasteiger partial charge on any atom is 0.161 e. The summed E-state index contributed by atoms with van der Waals surface area (Å²) in [6, 6.07) is 5.75. The van der Waals surface area contributed by atoms with Gasteiger partial charge >= 0.3 is 0 Å². The second-order valence-electron chi connectivity index (χ2n) is 5.16. The van der Waals surface area contributed by atoms with Gasteiger partial charge in [0.05, 0.1) is 6.10 Å². The zero-order valence-corrected chi connectivity index (χ0v) is 11.8. The molecule has 1 aliphatic carbocycles. The highest BCUT2D eigenvalue weighted by molar-refractivity contribution is 7.99. The minimum atomic E-state index is -0.415. The van der Waals surface area contributed by atoms with E-state index in [2.05, 4.69) is 0 Å². The normalized spacial score (nSPS) is 20.5. The molecule has 0 radical (unpaired) electrons. The number of hydrogen-bond donors (Lipinski definition) is 1. The van der Waals surface area contributed by atoms with Gasteiger partial charge < -0.3 is 14.6 Å². The quantitative estimate of drug-likeness (QED) is 0.919. The van der Waals surface area contributed by atoms with Crippen LogP contribution in [0.3, 0.4) is 0 Å². The standard InChI is InChI=1S/C15H20O3S/c16-13(10-19-12-3-1-2-4-12)11-5-6-14-15(9-11)18-8-7-17-14/h5-6,9,12-13,16H,1-4,7-8,10H2. The number of rotatable bonds is 4. The lowest BCUT2D eigenvalue weighted by molar-refractivity contribution is 0.169. The fraction of sp³-hybridized carbons (Fsp3) is 0.600. The highest BCUT2D eigenvalue weighted by Crippen LogP contribution is 2.35. The maximum absolute atomic E-state index is 10.3. The lowest BCUT2D eigenvalue weighted by Gasteiger charge is -2.20. The van der Waals surface area contributed by atoms with Crippen molar-refractivity contribution >= 4 is 11.8 Å². The molecule has 1 saturated carbocycles. The highest BCUT2D eigenvalue weighted by Gasteiger charge is 2.19. The third-order valence-electron chi connectivity index (χ3n) is 3.74. The molecule has 1 N–H and O–H groups in total. The first-order chi connectivity index (χ1) is 9.33. The van der Waals surface area contributed by atoms with Gasteiger partial charge in [-0.05, 0) is 30.5 Å². The molecule has 0 saturated heterocycles. The molecule has 1 heterocycles. The Balaban J connectivity index is 1.60. The van der Waals surface area contributed by atoms with Crippen LogP contribution in [0.1, 0.15) is 37.4 Å². The molecule has 1 atom stereocenters. The molecule has 1 fully saturated rings. The Bertz CT molecular complexity index is 429. The van der Waals surface area contributed by atoms with Gasteiger partial charge in [-0.25, -0.2) is 0 Å². The smallest absolute Gasteiger partial charge is 0.161 e. The van der Waals surface area contributed by atoms with E-state index in [1.165, 1.54) is 25.7 Å². The van der Waals surface area contributed by atoms with Gasteiger partial charge in [0.25, 0.3) is 0 Å². The van der Waals surface area contributed by atoms with Crippen molar-refractivity contribution in [3.63, 3.8) is 0 Å². The Morgan fingerprint density at radius 2 is 1.89 bits per heavy atom. The first-order valence-electron chi connectivity index (χ1n) is 7.02. The Morgan fingerprint density at radius 1 is 1.16 bits per heavy atom. The molecule has 1 unspecified atom stereocenters. The number of benzene rings is 1. The van der Waals surface area contributed by atoms with E-state index in [4.69, 9.17) is 9.47 Å². The van der Waals surface area contributed by atoms with Gasteiger partial charge in [-0.3, -0.25) is 0 Å². The van der Waals surface area contributed by atoms with Gasteiger partial charge in [0.2, 0.25) is 0 Å². The van der Waals surface area contributed by atoms with Gasteiger partial charge in [-0.15, -0.1) is 0 Å². The summed E-state index contributed by atoms with van der Waals surface area (Å²) in [6.45, 7) is 1.19. The van der Waals surface area contributed by atoms with Crippen LogP contribution >= 0.6 is 11.8 Å². The van der Waals surface area contributed by atoms with Crippen molar-refractivity contribution in [1.82, 2.24) is 0 Å². The van der Waals surface area contributed by atoms with Crippen molar-refractivity contribution in [1.29, 1.82) is 0 Å². The van der Waals surface area contributed by atoms with Crippen LogP contribution in [0.4, 0.5) is 0 Å². The average molecular weight is 280 g/mol. The summed E-state index contributed by atoms with van der Waals surface area (Å²) in [4.78, 5) is 0. The fourth-order valence-electron chi connectivity index (χ4n) is 2.65. The highest BCUT2D eigenvalue weighted by atomic mass is 32.2. The van der Waals surface area contributed by atoms with Gasteiger partial charge in [-0.1, -0.05) is 18.9 Å². The molecule has 0 spiro atoms. The van der Waals surface area contributed by atoms with Gasteiger partial charge in [0.1, 0.15) is 13.2 Å². The largest absolute Gasteiger partial charge is 0.486 e. The average Bonchev–Trinajstić information content (AvgIpc) is 2.97. The number of thioether (sulfide) groups is 1. The van der Waals surface area contributed by atoms with E-state index in [1.807, 2.05) is 30.0 Å². The molecule has 0 bridgehead atoms. The summed E-state index contributed by atoms with van der Waals surface area (Å²) in [6.07, 6.45) is 4.88. The van der Waals surface area contributed by atoms with Crippen molar-refractivity contribution in [2.75, 3.05) is 19.0 Å². The first-order valence-corrected chi connectivity index (χ1v) is 8.07. The molecule has 3 nitrogen and oxygen atoms in total. The molecule has 1 aromatic carbocycles. The molecule has 104 valence electrons. The molecule has 1 aliphatic heterocycles.